The van der Waals surface area contributed by atoms with Gasteiger partial charge in [-0.15, -0.1) is 0 Å². The number of aliphatic imine (C=N–C) groups is 1. The Morgan fingerprint density at radius 1 is 1.38 bits per heavy atom. The summed E-state index contributed by atoms with van der Waals surface area (Å²) in [5.74, 6) is -3.98. The number of rotatable bonds is 1. The van der Waals surface area contributed by atoms with Crippen LogP contribution in [0, 0.1) is 0 Å². The van der Waals surface area contributed by atoms with Crippen molar-refractivity contribution >= 4 is 18.2 Å². The van der Waals surface area contributed by atoms with Crippen molar-refractivity contribution in [2.24, 2.45) is 4.99 Å². The van der Waals surface area contributed by atoms with Crippen LogP contribution in [0.5, 0.6) is 0 Å². The molecule has 0 aliphatic carbocycles. The number of esters is 2. The molecule has 0 amide bonds. The van der Waals surface area contributed by atoms with E-state index in [0.29, 0.717) is 6.42 Å². The SMILES string of the molecule is O=C(OC(=O)C(F)(F)F)C1=CC=CCC=N1. The first kappa shape index (κ1) is 12.2. The van der Waals surface area contributed by atoms with Crippen molar-refractivity contribution < 1.29 is 27.5 Å². The summed E-state index contributed by atoms with van der Waals surface area (Å²) in [6.45, 7) is 0. The number of ether oxygens (including phenoxy) is 1. The van der Waals surface area contributed by atoms with Crippen LogP contribution in [0.25, 0.3) is 0 Å². The summed E-state index contributed by atoms with van der Waals surface area (Å²) in [4.78, 5) is 24.9. The molecule has 0 aromatic rings. The van der Waals surface area contributed by atoms with Crippen molar-refractivity contribution in [1.29, 1.82) is 0 Å². The van der Waals surface area contributed by atoms with Crippen molar-refractivity contribution in [2.45, 2.75) is 12.6 Å². The minimum Gasteiger partial charge on any atom is -0.381 e. The van der Waals surface area contributed by atoms with Crippen LogP contribution < -0.4 is 0 Å². The van der Waals surface area contributed by atoms with Gasteiger partial charge in [0.25, 0.3) is 0 Å². The van der Waals surface area contributed by atoms with Gasteiger partial charge in [0.1, 0.15) is 5.70 Å². The summed E-state index contributed by atoms with van der Waals surface area (Å²) < 4.78 is 38.9. The van der Waals surface area contributed by atoms with Crippen molar-refractivity contribution in [1.82, 2.24) is 0 Å². The van der Waals surface area contributed by atoms with Crippen molar-refractivity contribution in [3.05, 3.63) is 23.9 Å². The molecule has 0 aromatic carbocycles. The first-order valence-corrected chi connectivity index (χ1v) is 4.14. The van der Waals surface area contributed by atoms with Crippen LogP contribution in [0.15, 0.2) is 28.9 Å². The summed E-state index contributed by atoms with van der Waals surface area (Å²) in [6.07, 6.45) is 0.794. The molecule has 1 heterocycles. The molecule has 0 unspecified atom stereocenters. The summed E-state index contributed by atoms with van der Waals surface area (Å²) >= 11 is 0. The largest absolute Gasteiger partial charge is 0.491 e. The molecule has 0 fully saturated rings. The van der Waals surface area contributed by atoms with Gasteiger partial charge in [-0.25, -0.2) is 9.59 Å². The van der Waals surface area contributed by atoms with Crippen molar-refractivity contribution in [3.8, 4) is 0 Å². The molecule has 1 aliphatic rings. The standard InChI is InChI=1S/C9H6F3NO3/c10-9(11,12)8(15)16-7(14)6-4-2-1-3-5-13-6/h1-2,4-5H,3H2. The Morgan fingerprint density at radius 3 is 2.69 bits per heavy atom. The Kier molecular flexibility index (Phi) is 3.60. The van der Waals surface area contributed by atoms with E-state index in [-0.39, 0.29) is 5.70 Å². The third-order valence-corrected chi connectivity index (χ3v) is 1.49. The number of carbonyl (C=O) groups is 2. The van der Waals surface area contributed by atoms with Crippen molar-refractivity contribution in [2.75, 3.05) is 0 Å². The van der Waals surface area contributed by atoms with E-state index in [9.17, 15) is 22.8 Å². The average molecular weight is 233 g/mol. The predicted octanol–water partition coefficient (Wildman–Crippen LogP) is 1.53. The molecule has 0 atom stereocenters. The number of alkyl halides is 3. The lowest BCUT2D eigenvalue weighted by atomic mass is 10.4. The third kappa shape index (κ3) is 3.34. The first-order valence-electron chi connectivity index (χ1n) is 4.14. The molecule has 1 aliphatic heterocycles. The maximum Gasteiger partial charge on any atom is 0.491 e. The van der Waals surface area contributed by atoms with E-state index < -0.39 is 18.1 Å². The Hall–Kier alpha value is -1.92. The lowest BCUT2D eigenvalue weighted by Crippen LogP contribution is -2.28. The van der Waals surface area contributed by atoms with E-state index in [4.69, 9.17) is 0 Å². The maximum absolute atomic E-state index is 11.8. The molecule has 0 saturated carbocycles. The molecule has 0 radical (unpaired) electrons. The van der Waals surface area contributed by atoms with Gasteiger partial charge >= 0.3 is 18.1 Å². The van der Waals surface area contributed by atoms with E-state index in [1.54, 1.807) is 6.08 Å². The molecule has 7 heteroatoms. The minimum absolute atomic E-state index is 0.355. The van der Waals surface area contributed by atoms with Gasteiger partial charge in [-0.05, 0) is 6.08 Å². The molecule has 4 nitrogen and oxygen atoms in total. The second-order valence-electron chi connectivity index (χ2n) is 2.70. The monoisotopic (exact) mass is 233 g/mol. The first-order chi connectivity index (χ1) is 7.41. The van der Waals surface area contributed by atoms with Gasteiger partial charge in [0, 0.05) is 12.6 Å². The highest BCUT2D eigenvalue weighted by Gasteiger charge is 2.42. The molecule has 1 rings (SSSR count). The molecule has 86 valence electrons. The van der Waals surface area contributed by atoms with Crippen LogP contribution in [0.1, 0.15) is 6.42 Å². The van der Waals surface area contributed by atoms with Gasteiger partial charge in [-0.1, -0.05) is 12.2 Å². The van der Waals surface area contributed by atoms with E-state index in [1.165, 1.54) is 12.3 Å². The lowest BCUT2D eigenvalue weighted by molar-refractivity contribution is -0.200. The third-order valence-electron chi connectivity index (χ3n) is 1.49. The molecule has 0 N–H and O–H groups in total. The molecule has 0 saturated heterocycles. The molecule has 0 bridgehead atoms. The summed E-state index contributed by atoms with van der Waals surface area (Å²) in [5, 5.41) is 0. The number of nitrogens with zero attached hydrogens (tertiary/aromatic N) is 1. The van der Waals surface area contributed by atoms with E-state index >= 15 is 0 Å². The highest BCUT2D eigenvalue weighted by atomic mass is 19.4. The average Bonchev–Trinajstić information content (AvgIpc) is 2.43. The topological polar surface area (TPSA) is 55.7 Å². The van der Waals surface area contributed by atoms with Gasteiger partial charge < -0.3 is 4.74 Å². The van der Waals surface area contributed by atoms with Crippen molar-refractivity contribution in [3.63, 3.8) is 0 Å². The van der Waals surface area contributed by atoms with Gasteiger partial charge in [0.05, 0.1) is 0 Å². The Morgan fingerprint density at radius 2 is 2.06 bits per heavy atom. The van der Waals surface area contributed by atoms with Crippen LogP contribution in [0.2, 0.25) is 0 Å². The fraction of sp³-hybridized carbons (Fsp3) is 0.222. The number of allylic oxidation sites excluding steroid dienone is 3. The number of carbonyl (C=O) groups excluding carboxylic acids is 2. The molecular weight excluding hydrogens is 227 g/mol. The van der Waals surface area contributed by atoms with E-state index in [1.807, 2.05) is 0 Å². The Bertz CT molecular complexity index is 393. The summed E-state index contributed by atoms with van der Waals surface area (Å²) in [7, 11) is 0. The van der Waals surface area contributed by atoms with Crippen LogP contribution >= 0.6 is 0 Å². The summed E-state index contributed by atoms with van der Waals surface area (Å²) in [5.41, 5.74) is -0.355. The fourth-order valence-corrected chi connectivity index (χ4v) is 0.808. The van der Waals surface area contributed by atoms with Crippen LogP contribution in [-0.4, -0.2) is 24.3 Å². The predicted molar refractivity (Wildman–Crippen MR) is 47.5 cm³/mol. The van der Waals surface area contributed by atoms with E-state index in [2.05, 4.69) is 9.73 Å². The quantitative estimate of drug-likeness (QED) is 0.509. The van der Waals surface area contributed by atoms with Gasteiger partial charge in [-0.2, -0.15) is 13.2 Å². The maximum atomic E-state index is 11.8. The number of hydrogen-bond acceptors (Lipinski definition) is 4. The molecular formula is C9H6F3NO3. The van der Waals surface area contributed by atoms with Crippen LogP contribution in [0.3, 0.4) is 0 Å². The van der Waals surface area contributed by atoms with Gasteiger partial charge in [-0.3, -0.25) is 4.99 Å². The zero-order valence-corrected chi connectivity index (χ0v) is 7.82. The zero-order valence-electron chi connectivity index (χ0n) is 7.82. The van der Waals surface area contributed by atoms with Crippen LogP contribution in [0.4, 0.5) is 13.2 Å². The van der Waals surface area contributed by atoms with Gasteiger partial charge in [0.15, 0.2) is 0 Å². The highest BCUT2D eigenvalue weighted by molar-refractivity contribution is 5.98. The highest BCUT2D eigenvalue weighted by Crippen LogP contribution is 2.17. The van der Waals surface area contributed by atoms with Gasteiger partial charge in [0.2, 0.25) is 0 Å². The molecule has 0 aromatic heterocycles. The molecule has 16 heavy (non-hydrogen) atoms. The smallest absolute Gasteiger partial charge is 0.381 e. The second kappa shape index (κ2) is 4.73. The molecule has 0 spiro atoms. The fourth-order valence-electron chi connectivity index (χ4n) is 0.808. The van der Waals surface area contributed by atoms with Crippen LogP contribution in [-0.2, 0) is 14.3 Å². The normalized spacial score (nSPS) is 15.3. The number of hydrogen-bond donors (Lipinski definition) is 0. The van der Waals surface area contributed by atoms with E-state index in [0.717, 1.165) is 6.08 Å². The number of halogens is 3. The lowest BCUT2D eigenvalue weighted by Gasteiger charge is -2.04. The Balaban J connectivity index is 2.69. The summed E-state index contributed by atoms with van der Waals surface area (Å²) in [6, 6.07) is 0. The second-order valence-corrected chi connectivity index (χ2v) is 2.70. The zero-order chi connectivity index (χ0) is 12.2. The minimum atomic E-state index is -5.19. The Labute approximate surface area is 88.1 Å².